The van der Waals surface area contributed by atoms with Gasteiger partial charge in [-0.3, -0.25) is 4.79 Å². The zero-order valence-electron chi connectivity index (χ0n) is 10.9. The minimum atomic E-state index is -0.726. The van der Waals surface area contributed by atoms with Gasteiger partial charge in [-0.2, -0.15) is 5.10 Å². The van der Waals surface area contributed by atoms with Crippen molar-refractivity contribution < 1.29 is 8.78 Å². The Morgan fingerprint density at radius 2 is 2.05 bits per heavy atom. The Balaban J connectivity index is 2.41. The maximum Gasteiger partial charge on any atom is 0.269 e. The quantitative estimate of drug-likeness (QED) is 0.803. The average Bonchev–Trinajstić information content (AvgIpc) is 2.40. The summed E-state index contributed by atoms with van der Waals surface area (Å²) >= 11 is 2.99. The number of hydrogen-bond acceptors (Lipinski definition) is 3. The fourth-order valence-electron chi connectivity index (χ4n) is 1.65. The number of anilines is 1. The Hall–Kier alpha value is -1.76. The maximum absolute atomic E-state index is 13.8. The fourth-order valence-corrected chi connectivity index (χ4v) is 2.02. The Kier molecular flexibility index (Phi) is 4.17. The van der Waals surface area contributed by atoms with Crippen molar-refractivity contribution in [2.45, 2.75) is 6.54 Å². The second-order valence-corrected chi connectivity index (χ2v) is 5.28. The van der Waals surface area contributed by atoms with Crippen LogP contribution in [0.2, 0.25) is 0 Å². The molecular weight excluding hydrogens is 332 g/mol. The van der Waals surface area contributed by atoms with Crippen LogP contribution in [0, 0.1) is 11.6 Å². The molecule has 0 aliphatic heterocycles. The molecule has 0 fully saturated rings. The van der Waals surface area contributed by atoms with Gasteiger partial charge in [-0.15, -0.1) is 0 Å². The smallest absolute Gasteiger partial charge is 0.269 e. The molecule has 0 saturated carbocycles. The van der Waals surface area contributed by atoms with E-state index < -0.39 is 17.2 Å². The van der Waals surface area contributed by atoms with Gasteiger partial charge in [0.15, 0.2) is 0 Å². The molecule has 0 amide bonds. The van der Waals surface area contributed by atoms with Crippen LogP contribution in [-0.2, 0) is 6.54 Å². The van der Waals surface area contributed by atoms with Gasteiger partial charge in [0.05, 0.1) is 22.9 Å². The SMILES string of the molecule is CN(C)c1cnn(Cc2c(F)ccc(Br)c2F)c(=O)c1. The molecule has 0 N–H and O–H groups in total. The van der Waals surface area contributed by atoms with Crippen molar-refractivity contribution >= 4 is 21.6 Å². The molecule has 0 radical (unpaired) electrons. The highest BCUT2D eigenvalue weighted by atomic mass is 79.9. The third-order valence-electron chi connectivity index (χ3n) is 2.82. The van der Waals surface area contributed by atoms with Gasteiger partial charge in [0.2, 0.25) is 0 Å². The minimum Gasteiger partial charge on any atom is -0.376 e. The lowest BCUT2D eigenvalue weighted by Gasteiger charge is -2.13. The van der Waals surface area contributed by atoms with Crippen LogP contribution >= 0.6 is 15.9 Å². The van der Waals surface area contributed by atoms with Crippen LogP contribution in [0.5, 0.6) is 0 Å². The number of hydrogen-bond donors (Lipinski definition) is 0. The number of nitrogens with zero attached hydrogens (tertiary/aromatic N) is 3. The number of benzene rings is 1. The normalized spacial score (nSPS) is 10.7. The third kappa shape index (κ3) is 2.87. The molecule has 20 heavy (non-hydrogen) atoms. The van der Waals surface area contributed by atoms with Crippen LogP contribution in [0.4, 0.5) is 14.5 Å². The van der Waals surface area contributed by atoms with Crippen molar-refractivity contribution in [3.8, 4) is 0 Å². The van der Waals surface area contributed by atoms with Crippen molar-refractivity contribution in [3.05, 3.63) is 56.4 Å². The van der Waals surface area contributed by atoms with E-state index in [1.54, 1.807) is 19.0 Å². The van der Waals surface area contributed by atoms with Crippen molar-refractivity contribution in [2.24, 2.45) is 0 Å². The lowest BCUT2D eigenvalue weighted by molar-refractivity contribution is 0.521. The van der Waals surface area contributed by atoms with Crippen LogP contribution in [0.1, 0.15) is 5.56 Å². The first kappa shape index (κ1) is 14.6. The summed E-state index contributed by atoms with van der Waals surface area (Å²) in [6, 6.07) is 3.78. The standard InChI is InChI=1S/C13H12BrF2N3O/c1-18(2)8-5-12(20)19(17-6-8)7-9-11(15)4-3-10(14)13(9)16/h3-6H,7H2,1-2H3. The van der Waals surface area contributed by atoms with Crippen LogP contribution < -0.4 is 10.5 Å². The predicted molar refractivity (Wildman–Crippen MR) is 76.0 cm³/mol. The molecular formula is C13H12BrF2N3O. The van der Waals surface area contributed by atoms with E-state index >= 15 is 0 Å². The van der Waals surface area contributed by atoms with E-state index in [0.717, 1.165) is 10.7 Å². The predicted octanol–water partition coefficient (Wildman–Crippen LogP) is 2.40. The van der Waals surface area contributed by atoms with E-state index in [2.05, 4.69) is 21.0 Å². The first-order chi connectivity index (χ1) is 9.40. The van der Waals surface area contributed by atoms with E-state index in [-0.39, 0.29) is 16.6 Å². The second kappa shape index (κ2) is 5.70. The van der Waals surface area contributed by atoms with Gasteiger partial charge in [0.1, 0.15) is 11.6 Å². The highest BCUT2D eigenvalue weighted by molar-refractivity contribution is 9.10. The molecule has 0 spiro atoms. The molecule has 0 aliphatic rings. The fraction of sp³-hybridized carbons (Fsp3) is 0.231. The lowest BCUT2D eigenvalue weighted by Crippen LogP contribution is -2.25. The van der Waals surface area contributed by atoms with Crippen molar-refractivity contribution in [3.63, 3.8) is 0 Å². The first-order valence-electron chi connectivity index (χ1n) is 5.77. The Morgan fingerprint density at radius 3 is 2.65 bits per heavy atom. The van der Waals surface area contributed by atoms with Gasteiger partial charge >= 0.3 is 0 Å². The highest BCUT2D eigenvalue weighted by Gasteiger charge is 2.14. The second-order valence-electron chi connectivity index (χ2n) is 4.43. The van der Waals surface area contributed by atoms with Crippen LogP contribution in [0.3, 0.4) is 0 Å². The summed E-state index contributed by atoms with van der Waals surface area (Å²) in [6.45, 7) is -0.260. The average molecular weight is 344 g/mol. The summed E-state index contributed by atoms with van der Waals surface area (Å²) in [5, 5.41) is 3.92. The Labute approximate surface area is 122 Å². The molecule has 106 valence electrons. The molecule has 1 heterocycles. The molecule has 4 nitrogen and oxygen atoms in total. The van der Waals surface area contributed by atoms with E-state index in [0.29, 0.717) is 5.69 Å². The monoisotopic (exact) mass is 343 g/mol. The van der Waals surface area contributed by atoms with Gasteiger partial charge in [-0.25, -0.2) is 13.5 Å². The molecule has 0 unspecified atom stereocenters. The largest absolute Gasteiger partial charge is 0.376 e. The molecule has 0 saturated heterocycles. The molecule has 1 aromatic heterocycles. The van der Waals surface area contributed by atoms with E-state index in [4.69, 9.17) is 0 Å². The molecule has 0 aliphatic carbocycles. The zero-order chi connectivity index (χ0) is 14.9. The van der Waals surface area contributed by atoms with Gasteiger partial charge < -0.3 is 4.90 Å². The molecule has 2 aromatic rings. The molecule has 7 heteroatoms. The highest BCUT2D eigenvalue weighted by Crippen LogP contribution is 2.22. The van der Waals surface area contributed by atoms with Crippen molar-refractivity contribution in [1.29, 1.82) is 0 Å². The molecule has 1 aromatic carbocycles. The van der Waals surface area contributed by atoms with Gasteiger partial charge in [-0.05, 0) is 28.1 Å². The summed E-state index contributed by atoms with van der Waals surface area (Å²) in [6.07, 6.45) is 1.47. The van der Waals surface area contributed by atoms with Gasteiger partial charge in [0.25, 0.3) is 5.56 Å². The van der Waals surface area contributed by atoms with Crippen LogP contribution in [0.25, 0.3) is 0 Å². The summed E-state index contributed by atoms with van der Waals surface area (Å²) in [7, 11) is 3.54. The minimum absolute atomic E-state index is 0.145. The van der Waals surface area contributed by atoms with Crippen molar-refractivity contribution in [2.75, 3.05) is 19.0 Å². The Morgan fingerprint density at radius 1 is 1.35 bits per heavy atom. The first-order valence-corrected chi connectivity index (χ1v) is 6.56. The maximum atomic E-state index is 13.8. The molecule has 2 rings (SSSR count). The summed E-state index contributed by atoms with van der Waals surface area (Å²) in [5.41, 5.74) is 0.00277. The third-order valence-corrected chi connectivity index (χ3v) is 3.43. The van der Waals surface area contributed by atoms with Crippen LogP contribution in [0.15, 0.2) is 33.7 Å². The summed E-state index contributed by atoms with van der Waals surface area (Å²) in [5.74, 6) is -1.44. The lowest BCUT2D eigenvalue weighted by atomic mass is 10.2. The summed E-state index contributed by atoms with van der Waals surface area (Å²) < 4.78 is 28.7. The Bertz CT molecular complexity index is 701. The molecule has 0 atom stereocenters. The van der Waals surface area contributed by atoms with Crippen LogP contribution in [-0.4, -0.2) is 23.9 Å². The van der Waals surface area contributed by atoms with Gasteiger partial charge in [0, 0.05) is 25.7 Å². The van der Waals surface area contributed by atoms with Gasteiger partial charge in [-0.1, -0.05) is 0 Å². The van der Waals surface area contributed by atoms with E-state index in [1.807, 2.05) is 0 Å². The van der Waals surface area contributed by atoms with E-state index in [1.165, 1.54) is 18.3 Å². The van der Waals surface area contributed by atoms with E-state index in [9.17, 15) is 13.6 Å². The number of halogens is 3. The number of rotatable bonds is 3. The van der Waals surface area contributed by atoms with Crippen molar-refractivity contribution in [1.82, 2.24) is 9.78 Å². The number of aromatic nitrogens is 2. The topological polar surface area (TPSA) is 38.1 Å². The zero-order valence-corrected chi connectivity index (χ0v) is 12.5. The molecule has 0 bridgehead atoms. The summed E-state index contributed by atoms with van der Waals surface area (Å²) in [4.78, 5) is 13.6.